The summed E-state index contributed by atoms with van der Waals surface area (Å²) in [4.78, 5) is 35.7. The van der Waals surface area contributed by atoms with Crippen LogP contribution in [0.3, 0.4) is 0 Å². The molecule has 0 aliphatic rings. The van der Waals surface area contributed by atoms with E-state index >= 15 is 0 Å². The molecule has 72 heavy (non-hydrogen) atoms. The normalized spacial score (nSPS) is 13.2. The van der Waals surface area contributed by atoms with E-state index in [0.717, 1.165) is 38.5 Å². The second-order valence-electron chi connectivity index (χ2n) is 22.8. The molecule has 0 spiro atoms. The largest absolute Gasteiger partial charge is 0.472 e. The van der Waals surface area contributed by atoms with Crippen LogP contribution in [0.15, 0.2) is 12.2 Å². The summed E-state index contributed by atoms with van der Waals surface area (Å²) in [5.74, 6) is -0.775. The van der Waals surface area contributed by atoms with Crippen molar-refractivity contribution in [3.8, 4) is 0 Å². The first-order valence-corrected chi connectivity index (χ1v) is 32.9. The van der Waals surface area contributed by atoms with E-state index in [1.807, 2.05) is 21.1 Å². The van der Waals surface area contributed by atoms with Gasteiger partial charge in [-0.2, -0.15) is 0 Å². The van der Waals surface area contributed by atoms with E-state index in [4.69, 9.17) is 18.5 Å². The molecule has 0 radical (unpaired) electrons. The zero-order valence-corrected chi connectivity index (χ0v) is 49.6. The second-order valence-corrected chi connectivity index (χ2v) is 24.3. The van der Waals surface area contributed by atoms with Gasteiger partial charge in [-0.3, -0.25) is 18.6 Å². The number of hydrogen-bond donors (Lipinski definition) is 1. The number of hydrogen-bond acceptors (Lipinski definition) is 7. The lowest BCUT2D eigenvalue weighted by molar-refractivity contribution is -0.870. The maximum atomic E-state index is 12.8. The van der Waals surface area contributed by atoms with Crippen LogP contribution < -0.4 is 0 Å². The Bertz CT molecular complexity index is 1220. The van der Waals surface area contributed by atoms with Gasteiger partial charge in [0, 0.05) is 12.8 Å². The van der Waals surface area contributed by atoms with E-state index < -0.39 is 26.5 Å². The Morgan fingerprint density at radius 3 is 1.03 bits per heavy atom. The van der Waals surface area contributed by atoms with Crippen molar-refractivity contribution in [2.24, 2.45) is 0 Å². The third-order valence-electron chi connectivity index (χ3n) is 14.3. The number of allylic oxidation sites excluding steroid dienone is 2. The predicted octanol–water partition coefficient (Wildman–Crippen LogP) is 19.6. The van der Waals surface area contributed by atoms with Crippen LogP contribution in [0.4, 0.5) is 0 Å². The number of esters is 2. The second kappa shape index (κ2) is 54.5. The zero-order valence-electron chi connectivity index (χ0n) is 48.7. The highest BCUT2D eigenvalue weighted by Crippen LogP contribution is 2.43. The SMILES string of the molecule is CCCCCCCCCC/C=C\CCCCCCCCCCCCCCCCCCCCCC(=O)OC(COC(=O)CCCCCCCCCCCCCCCCCCC)COP(=O)(O)OCC[N+](C)(C)C. The summed E-state index contributed by atoms with van der Waals surface area (Å²) in [5.41, 5.74) is 0. The van der Waals surface area contributed by atoms with Gasteiger partial charge in [0.05, 0.1) is 27.7 Å². The first kappa shape index (κ1) is 70.8. The van der Waals surface area contributed by atoms with Gasteiger partial charge in [-0.1, -0.05) is 283 Å². The van der Waals surface area contributed by atoms with Gasteiger partial charge in [0.2, 0.25) is 0 Å². The highest BCUT2D eigenvalue weighted by atomic mass is 31.2. The van der Waals surface area contributed by atoms with Crippen molar-refractivity contribution in [3.05, 3.63) is 12.2 Å². The molecule has 1 N–H and O–H groups in total. The summed E-state index contributed by atoms with van der Waals surface area (Å²) in [5, 5.41) is 0. The van der Waals surface area contributed by atoms with Crippen LogP contribution in [0.1, 0.15) is 322 Å². The highest BCUT2D eigenvalue weighted by molar-refractivity contribution is 7.47. The number of nitrogens with zero attached hydrogens (tertiary/aromatic N) is 1. The Morgan fingerprint density at radius 1 is 0.417 bits per heavy atom. The van der Waals surface area contributed by atoms with Crippen LogP contribution in [-0.2, 0) is 32.7 Å². The molecule has 0 amide bonds. The summed E-state index contributed by atoms with van der Waals surface area (Å²) in [7, 11) is 1.50. The summed E-state index contributed by atoms with van der Waals surface area (Å²) in [6.45, 7) is 4.50. The Kier molecular flexibility index (Phi) is 53.6. The Balaban J connectivity index is 4.00. The fourth-order valence-electron chi connectivity index (χ4n) is 9.43. The van der Waals surface area contributed by atoms with Crippen molar-refractivity contribution in [1.82, 2.24) is 0 Å². The van der Waals surface area contributed by atoms with Gasteiger partial charge < -0.3 is 18.9 Å². The van der Waals surface area contributed by atoms with Gasteiger partial charge in [-0.25, -0.2) is 4.57 Å². The molecular formula is C62H123NO8P+. The number of ether oxygens (including phenoxy) is 2. The molecule has 0 saturated heterocycles. The number of carbonyl (C=O) groups excluding carboxylic acids is 2. The zero-order chi connectivity index (χ0) is 52.7. The predicted molar refractivity (Wildman–Crippen MR) is 308 cm³/mol. The van der Waals surface area contributed by atoms with Crippen molar-refractivity contribution in [2.75, 3.05) is 47.5 Å². The third-order valence-corrected chi connectivity index (χ3v) is 15.3. The molecule has 0 fully saturated rings. The van der Waals surface area contributed by atoms with Crippen LogP contribution in [0.25, 0.3) is 0 Å². The van der Waals surface area contributed by atoms with Gasteiger partial charge in [-0.05, 0) is 38.5 Å². The van der Waals surface area contributed by atoms with Crippen molar-refractivity contribution >= 4 is 19.8 Å². The van der Waals surface area contributed by atoms with Crippen molar-refractivity contribution in [3.63, 3.8) is 0 Å². The summed E-state index contributed by atoms with van der Waals surface area (Å²) >= 11 is 0. The smallest absolute Gasteiger partial charge is 0.462 e. The average Bonchev–Trinajstić information content (AvgIpc) is 3.34. The molecule has 9 nitrogen and oxygen atoms in total. The van der Waals surface area contributed by atoms with Crippen LogP contribution in [0, 0.1) is 0 Å². The van der Waals surface area contributed by atoms with Crippen molar-refractivity contribution < 1.29 is 42.1 Å². The highest BCUT2D eigenvalue weighted by Gasteiger charge is 2.27. The molecule has 0 aromatic carbocycles. The van der Waals surface area contributed by atoms with Crippen molar-refractivity contribution in [1.29, 1.82) is 0 Å². The number of likely N-dealkylation sites (N-methyl/N-ethyl adjacent to an activating group) is 1. The van der Waals surface area contributed by atoms with E-state index in [1.54, 1.807) is 0 Å². The number of quaternary nitrogens is 1. The monoisotopic (exact) mass is 1040 g/mol. The number of phosphoric ester groups is 1. The number of unbranched alkanes of at least 4 members (excludes halogenated alkanes) is 43. The lowest BCUT2D eigenvalue weighted by Gasteiger charge is -2.24. The Hall–Kier alpha value is -1.25. The molecule has 428 valence electrons. The first-order valence-electron chi connectivity index (χ1n) is 31.4. The standard InChI is InChI=1S/C62H122NO8P/c1-6-8-10-12-14-16-18-20-22-24-25-26-27-28-29-30-31-32-33-34-35-36-37-39-41-43-45-47-49-51-53-55-62(65)71-60(59-70-72(66,67)69-57-56-63(3,4)5)58-68-61(64)54-52-50-48-46-44-42-40-38-23-21-19-17-15-13-11-9-7-2/h24-25,60H,6-23,26-59H2,1-5H3/p+1/b25-24-. The molecule has 0 aromatic rings. The van der Waals surface area contributed by atoms with Crippen molar-refractivity contribution in [2.45, 2.75) is 328 Å². The molecule has 0 aliphatic carbocycles. The van der Waals surface area contributed by atoms with Gasteiger partial charge in [0.25, 0.3) is 0 Å². The summed E-state index contributed by atoms with van der Waals surface area (Å²) in [6.07, 6.45) is 64.4. The fraction of sp³-hybridized carbons (Fsp3) is 0.935. The molecule has 0 rings (SSSR count). The minimum atomic E-state index is -4.38. The van der Waals surface area contributed by atoms with E-state index in [9.17, 15) is 19.0 Å². The van der Waals surface area contributed by atoms with E-state index in [2.05, 4.69) is 26.0 Å². The van der Waals surface area contributed by atoms with Gasteiger partial charge in [-0.15, -0.1) is 0 Å². The molecule has 0 bridgehead atoms. The fourth-order valence-corrected chi connectivity index (χ4v) is 10.2. The van der Waals surface area contributed by atoms with Gasteiger partial charge >= 0.3 is 19.8 Å². The van der Waals surface area contributed by atoms with Gasteiger partial charge in [0.1, 0.15) is 19.8 Å². The lowest BCUT2D eigenvalue weighted by Crippen LogP contribution is -2.37. The third kappa shape index (κ3) is 58.0. The molecule has 10 heteroatoms. The Labute approximate surface area is 447 Å². The van der Waals surface area contributed by atoms with Crippen LogP contribution in [0.2, 0.25) is 0 Å². The molecule has 0 aliphatic heterocycles. The van der Waals surface area contributed by atoms with E-state index in [1.165, 1.54) is 257 Å². The lowest BCUT2D eigenvalue weighted by atomic mass is 10.0. The quantitative estimate of drug-likeness (QED) is 0.0211. The maximum Gasteiger partial charge on any atom is 0.472 e. The molecule has 0 saturated carbocycles. The molecule has 2 unspecified atom stereocenters. The summed E-state index contributed by atoms with van der Waals surface area (Å²) in [6, 6.07) is 0. The van der Waals surface area contributed by atoms with E-state index in [-0.39, 0.29) is 25.6 Å². The topological polar surface area (TPSA) is 108 Å². The number of carbonyl (C=O) groups is 2. The number of phosphoric acid groups is 1. The molecule has 0 heterocycles. The molecular weight excluding hydrogens is 918 g/mol. The Morgan fingerprint density at radius 2 is 0.708 bits per heavy atom. The number of rotatable bonds is 59. The average molecular weight is 1040 g/mol. The first-order chi connectivity index (χ1) is 35.0. The van der Waals surface area contributed by atoms with Gasteiger partial charge in [0.15, 0.2) is 6.10 Å². The minimum absolute atomic E-state index is 0.0364. The summed E-state index contributed by atoms with van der Waals surface area (Å²) < 4.78 is 34.6. The van der Waals surface area contributed by atoms with Crippen LogP contribution in [0.5, 0.6) is 0 Å². The van der Waals surface area contributed by atoms with Crippen LogP contribution >= 0.6 is 7.82 Å². The minimum Gasteiger partial charge on any atom is -0.462 e. The molecule has 0 aromatic heterocycles. The maximum absolute atomic E-state index is 12.8. The van der Waals surface area contributed by atoms with E-state index in [0.29, 0.717) is 17.4 Å². The van der Waals surface area contributed by atoms with Crippen LogP contribution in [-0.4, -0.2) is 74.9 Å². The molecule has 2 atom stereocenters.